The molecule has 0 rings (SSSR count). The Hall–Kier alpha value is -0.0800. The molecular weight excluding hydrogens is 114 g/mol. The summed E-state index contributed by atoms with van der Waals surface area (Å²) in [7, 11) is 3.92. The Morgan fingerprint density at radius 1 is 1.44 bits per heavy atom. The number of nitrogens with zero attached hydrogens (tertiary/aromatic N) is 1. The van der Waals surface area contributed by atoms with Crippen molar-refractivity contribution in [1.29, 1.82) is 0 Å². The lowest BCUT2D eigenvalue weighted by molar-refractivity contribution is 0.0301. The first kappa shape index (κ1) is 8.92. The van der Waals surface area contributed by atoms with Gasteiger partial charge in [-0.2, -0.15) is 0 Å². The normalized spacial score (nSPS) is 18.0. The molecule has 0 aromatic carbocycles. The molecule has 0 aromatic heterocycles. The molecule has 2 nitrogen and oxygen atoms in total. The molecular formula is C7H17NO. The molecule has 0 aromatic rings. The molecule has 0 aliphatic carbocycles. The highest BCUT2D eigenvalue weighted by Crippen LogP contribution is 2.07. The molecule has 0 aliphatic heterocycles. The van der Waals surface area contributed by atoms with Gasteiger partial charge in [-0.1, -0.05) is 6.92 Å². The van der Waals surface area contributed by atoms with E-state index in [1.165, 1.54) is 0 Å². The van der Waals surface area contributed by atoms with Gasteiger partial charge in [0.05, 0.1) is 5.60 Å². The van der Waals surface area contributed by atoms with Crippen LogP contribution in [0.3, 0.4) is 0 Å². The van der Waals surface area contributed by atoms with Gasteiger partial charge in [-0.15, -0.1) is 0 Å². The van der Waals surface area contributed by atoms with Crippen LogP contribution in [0, 0.1) is 0 Å². The Balaban J connectivity index is 3.58. The molecule has 56 valence electrons. The maximum atomic E-state index is 9.45. The van der Waals surface area contributed by atoms with Crippen LogP contribution in [0.15, 0.2) is 0 Å². The Kier molecular flexibility index (Phi) is 3.15. The molecule has 1 N–H and O–H groups in total. The molecule has 0 bridgehead atoms. The van der Waals surface area contributed by atoms with E-state index in [-0.39, 0.29) is 0 Å². The highest BCUT2D eigenvalue weighted by atomic mass is 16.3. The maximum Gasteiger partial charge on any atom is 0.0743 e. The largest absolute Gasteiger partial charge is 0.389 e. The molecule has 0 spiro atoms. The van der Waals surface area contributed by atoms with E-state index in [9.17, 15) is 5.11 Å². The molecule has 0 radical (unpaired) electrons. The van der Waals surface area contributed by atoms with Gasteiger partial charge >= 0.3 is 0 Å². The Bertz CT molecular complexity index is 79.0. The zero-order valence-electron chi connectivity index (χ0n) is 6.81. The highest BCUT2D eigenvalue weighted by molar-refractivity contribution is 4.72. The van der Waals surface area contributed by atoms with Crippen LogP contribution in [-0.4, -0.2) is 36.2 Å². The van der Waals surface area contributed by atoms with Crippen LogP contribution in [0.2, 0.25) is 0 Å². The van der Waals surface area contributed by atoms with Gasteiger partial charge in [0.25, 0.3) is 0 Å². The molecule has 0 amide bonds. The summed E-state index contributed by atoms with van der Waals surface area (Å²) in [4.78, 5) is 1.99. The smallest absolute Gasteiger partial charge is 0.0743 e. The lowest BCUT2D eigenvalue weighted by atomic mass is 10.0. The molecule has 1 atom stereocenters. The van der Waals surface area contributed by atoms with Gasteiger partial charge in [0.15, 0.2) is 0 Å². The Morgan fingerprint density at radius 2 is 1.89 bits per heavy atom. The summed E-state index contributed by atoms with van der Waals surface area (Å²) in [5.41, 5.74) is -0.510. The molecule has 0 fully saturated rings. The van der Waals surface area contributed by atoms with Crippen LogP contribution in [0.4, 0.5) is 0 Å². The van der Waals surface area contributed by atoms with Crippen molar-refractivity contribution >= 4 is 0 Å². The van der Waals surface area contributed by atoms with E-state index in [0.717, 1.165) is 13.0 Å². The highest BCUT2D eigenvalue weighted by Gasteiger charge is 2.17. The van der Waals surface area contributed by atoms with E-state index < -0.39 is 5.60 Å². The monoisotopic (exact) mass is 131 g/mol. The van der Waals surface area contributed by atoms with Crippen molar-refractivity contribution in [3.63, 3.8) is 0 Å². The van der Waals surface area contributed by atoms with Crippen LogP contribution in [0.5, 0.6) is 0 Å². The van der Waals surface area contributed by atoms with Gasteiger partial charge in [-0.25, -0.2) is 0 Å². The van der Waals surface area contributed by atoms with Crippen molar-refractivity contribution in [2.24, 2.45) is 0 Å². The molecule has 0 aliphatic rings. The molecule has 0 saturated heterocycles. The third kappa shape index (κ3) is 4.43. The van der Waals surface area contributed by atoms with Crippen molar-refractivity contribution in [3.8, 4) is 0 Å². The minimum atomic E-state index is -0.510. The van der Waals surface area contributed by atoms with Gasteiger partial charge in [0.2, 0.25) is 0 Å². The predicted octanol–water partition coefficient (Wildman–Crippen LogP) is 0.709. The maximum absolute atomic E-state index is 9.45. The summed E-state index contributed by atoms with van der Waals surface area (Å²) in [6.45, 7) is 4.58. The van der Waals surface area contributed by atoms with Crippen LogP contribution in [-0.2, 0) is 0 Å². The summed E-state index contributed by atoms with van der Waals surface area (Å²) in [6.07, 6.45) is 0.811. The lowest BCUT2D eigenvalue weighted by Gasteiger charge is -2.24. The molecule has 0 unspecified atom stereocenters. The third-order valence-corrected chi connectivity index (χ3v) is 1.42. The topological polar surface area (TPSA) is 23.5 Å². The predicted molar refractivity (Wildman–Crippen MR) is 39.5 cm³/mol. The first-order valence-corrected chi connectivity index (χ1v) is 3.35. The zero-order chi connectivity index (χ0) is 7.49. The van der Waals surface area contributed by atoms with Crippen molar-refractivity contribution < 1.29 is 5.11 Å². The van der Waals surface area contributed by atoms with Crippen LogP contribution >= 0.6 is 0 Å². The van der Waals surface area contributed by atoms with E-state index in [2.05, 4.69) is 0 Å². The van der Waals surface area contributed by atoms with Crippen molar-refractivity contribution in [2.75, 3.05) is 20.6 Å². The quantitative estimate of drug-likeness (QED) is 0.609. The fourth-order valence-corrected chi connectivity index (χ4v) is 0.793. The van der Waals surface area contributed by atoms with Crippen LogP contribution in [0.25, 0.3) is 0 Å². The van der Waals surface area contributed by atoms with Gasteiger partial charge < -0.3 is 10.0 Å². The first-order chi connectivity index (χ1) is 3.98. The molecule has 0 saturated carbocycles. The van der Waals surface area contributed by atoms with Crippen molar-refractivity contribution in [2.45, 2.75) is 25.9 Å². The van der Waals surface area contributed by atoms with E-state index in [1.54, 1.807) is 0 Å². The van der Waals surface area contributed by atoms with E-state index >= 15 is 0 Å². The third-order valence-electron chi connectivity index (χ3n) is 1.42. The minimum absolute atomic E-state index is 0.510. The van der Waals surface area contributed by atoms with Gasteiger partial charge in [0.1, 0.15) is 0 Å². The minimum Gasteiger partial charge on any atom is -0.389 e. The number of hydrogen-bond donors (Lipinski definition) is 1. The average Bonchev–Trinajstić information content (AvgIpc) is 1.63. The second-order valence-electron chi connectivity index (χ2n) is 3.09. The number of likely N-dealkylation sites (N-methyl/N-ethyl adjacent to an activating group) is 1. The Morgan fingerprint density at radius 3 is 2.00 bits per heavy atom. The van der Waals surface area contributed by atoms with Gasteiger partial charge in [-0.3, -0.25) is 0 Å². The Labute approximate surface area is 57.5 Å². The fraction of sp³-hybridized carbons (Fsp3) is 1.00. The van der Waals surface area contributed by atoms with Gasteiger partial charge in [0, 0.05) is 6.54 Å². The van der Waals surface area contributed by atoms with Gasteiger partial charge in [-0.05, 0) is 27.4 Å². The second kappa shape index (κ2) is 3.18. The van der Waals surface area contributed by atoms with E-state index in [4.69, 9.17) is 0 Å². The summed E-state index contributed by atoms with van der Waals surface area (Å²) in [5.74, 6) is 0. The molecule has 9 heavy (non-hydrogen) atoms. The summed E-state index contributed by atoms with van der Waals surface area (Å²) >= 11 is 0. The van der Waals surface area contributed by atoms with Crippen LogP contribution < -0.4 is 0 Å². The lowest BCUT2D eigenvalue weighted by Crippen LogP contribution is -2.36. The summed E-state index contributed by atoms with van der Waals surface area (Å²) < 4.78 is 0. The zero-order valence-corrected chi connectivity index (χ0v) is 6.81. The number of aliphatic hydroxyl groups is 1. The summed E-state index contributed by atoms with van der Waals surface area (Å²) in [6, 6.07) is 0. The fourth-order valence-electron chi connectivity index (χ4n) is 0.793. The van der Waals surface area contributed by atoms with E-state index in [0.29, 0.717) is 0 Å². The number of hydrogen-bond acceptors (Lipinski definition) is 2. The average molecular weight is 131 g/mol. The second-order valence-corrected chi connectivity index (χ2v) is 3.09. The molecule has 2 heteroatoms. The number of rotatable bonds is 3. The first-order valence-electron chi connectivity index (χ1n) is 3.35. The molecule has 0 heterocycles. The standard InChI is InChI=1S/C7H17NO/c1-5-7(2,9)6-8(3)4/h9H,5-6H2,1-4H3/t7-/m1/s1. The van der Waals surface area contributed by atoms with Crippen molar-refractivity contribution in [3.05, 3.63) is 0 Å². The van der Waals surface area contributed by atoms with E-state index in [1.807, 2.05) is 32.8 Å². The van der Waals surface area contributed by atoms with Crippen molar-refractivity contribution in [1.82, 2.24) is 4.90 Å². The summed E-state index contributed by atoms with van der Waals surface area (Å²) in [5, 5.41) is 9.45. The SMILES string of the molecule is CC[C@@](C)(O)CN(C)C. The van der Waals surface area contributed by atoms with Crippen LogP contribution in [0.1, 0.15) is 20.3 Å².